The number of carbonyl (C=O) groups excluding carboxylic acids is 2. The van der Waals surface area contributed by atoms with E-state index in [1.54, 1.807) is 49.4 Å². The first kappa shape index (κ1) is 26.3. The first-order valence-electron chi connectivity index (χ1n) is 12.4. The number of anilines is 1. The number of aromatic nitrogens is 4. The molecule has 4 rings (SSSR count). The van der Waals surface area contributed by atoms with Crippen molar-refractivity contribution in [3.05, 3.63) is 78.4 Å². The van der Waals surface area contributed by atoms with E-state index in [9.17, 15) is 9.59 Å². The van der Waals surface area contributed by atoms with Crippen LogP contribution in [0.15, 0.2) is 72.8 Å². The van der Waals surface area contributed by atoms with Gasteiger partial charge in [-0.3, -0.25) is 9.59 Å². The minimum absolute atomic E-state index is 0.162. The molecule has 0 saturated heterocycles. The van der Waals surface area contributed by atoms with Gasteiger partial charge in [-0.05, 0) is 79.9 Å². The third-order valence-electron chi connectivity index (χ3n) is 5.54. The molecule has 1 heterocycles. The van der Waals surface area contributed by atoms with E-state index in [1.165, 1.54) is 0 Å². The van der Waals surface area contributed by atoms with Gasteiger partial charge in [-0.25, -0.2) is 0 Å². The number of aromatic amines is 1. The zero-order chi connectivity index (χ0) is 26.6. The van der Waals surface area contributed by atoms with Crippen LogP contribution in [0.5, 0.6) is 17.2 Å². The Bertz CT molecular complexity index is 1330. The van der Waals surface area contributed by atoms with Crippen molar-refractivity contribution in [1.82, 2.24) is 20.6 Å². The molecule has 0 aliphatic rings. The zero-order valence-corrected chi connectivity index (χ0v) is 21.1. The second-order valence-electron chi connectivity index (χ2n) is 8.27. The van der Waals surface area contributed by atoms with Gasteiger partial charge in [-0.2, -0.15) is 5.21 Å². The van der Waals surface area contributed by atoms with Gasteiger partial charge < -0.3 is 19.5 Å². The summed E-state index contributed by atoms with van der Waals surface area (Å²) in [4.78, 5) is 24.3. The van der Waals surface area contributed by atoms with Crippen LogP contribution in [0.25, 0.3) is 11.4 Å². The molecule has 1 amide bonds. The van der Waals surface area contributed by atoms with E-state index in [2.05, 4.69) is 25.9 Å². The van der Waals surface area contributed by atoms with Crippen LogP contribution < -0.4 is 14.8 Å². The smallest absolute Gasteiger partial charge is 0.305 e. The number of hydrogen-bond donors (Lipinski definition) is 2. The molecule has 196 valence electrons. The molecule has 10 heteroatoms. The molecule has 0 spiro atoms. The summed E-state index contributed by atoms with van der Waals surface area (Å²) in [6.07, 6.45) is 2.90. The van der Waals surface area contributed by atoms with Crippen molar-refractivity contribution in [2.24, 2.45) is 0 Å². The Labute approximate surface area is 220 Å². The standard InChI is InChI=1S/C28H29N5O5/c1-2-36-26(34)14-4-3-9-19-37-21-17-15-20(16-18-21)28(35)29-23-11-6-8-13-25(23)38-24-12-7-5-10-22(24)27-30-32-33-31-27/h5-8,10-13,15-18H,2-4,9,14,19H2,1H3,(H,29,35)(H,30,31,32,33). The van der Waals surface area contributed by atoms with Crippen molar-refractivity contribution in [1.29, 1.82) is 0 Å². The van der Waals surface area contributed by atoms with E-state index >= 15 is 0 Å². The van der Waals surface area contributed by atoms with Crippen molar-refractivity contribution in [2.45, 2.75) is 32.6 Å². The zero-order valence-electron chi connectivity index (χ0n) is 21.1. The Hall–Kier alpha value is -4.73. The maximum atomic E-state index is 12.9. The number of tetrazole rings is 1. The molecule has 0 saturated carbocycles. The van der Waals surface area contributed by atoms with Gasteiger partial charge in [0.2, 0.25) is 5.82 Å². The maximum Gasteiger partial charge on any atom is 0.305 e. The average Bonchev–Trinajstić information content (AvgIpc) is 3.47. The van der Waals surface area contributed by atoms with E-state index in [1.807, 2.05) is 30.3 Å². The normalized spacial score (nSPS) is 10.6. The molecular formula is C28H29N5O5. The summed E-state index contributed by atoms with van der Waals surface area (Å²) in [5, 5.41) is 17.0. The van der Waals surface area contributed by atoms with Crippen LogP contribution in [0.4, 0.5) is 5.69 Å². The Balaban J connectivity index is 1.31. The average molecular weight is 516 g/mol. The highest BCUT2D eigenvalue weighted by Gasteiger charge is 2.14. The summed E-state index contributed by atoms with van der Waals surface area (Å²) in [5.74, 6) is 1.63. The number of benzene rings is 3. The fraction of sp³-hybridized carbons (Fsp3) is 0.250. The van der Waals surface area contributed by atoms with E-state index < -0.39 is 0 Å². The Morgan fingerprint density at radius 2 is 1.66 bits per heavy atom. The van der Waals surface area contributed by atoms with Crippen molar-refractivity contribution < 1.29 is 23.8 Å². The third kappa shape index (κ3) is 7.39. The van der Waals surface area contributed by atoms with Crippen molar-refractivity contribution in [2.75, 3.05) is 18.5 Å². The number of esters is 1. The molecule has 0 aliphatic heterocycles. The fourth-order valence-electron chi connectivity index (χ4n) is 3.66. The van der Waals surface area contributed by atoms with E-state index in [0.717, 1.165) is 19.3 Å². The lowest BCUT2D eigenvalue weighted by molar-refractivity contribution is -0.143. The molecule has 4 aromatic rings. The number of rotatable bonds is 13. The predicted octanol–water partition coefficient (Wildman–Crippen LogP) is 5.41. The molecule has 38 heavy (non-hydrogen) atoms. The summed E-state index contributed by atoms with van der Waals surface area (Å²) < 4.78 is 16.8. The summed E-state index contributed by atoms with van der Waals surface area (Å²) >= 11 is 0. The molecule has 0 unspecified atom stereocenters. The quantitative estimate of drug-likeness (QED) is 0.179. The van der Waals surface area contributed by atoms with Gasteiger partial charge in [0.15, 0.2) is 5.75 Å². The second-order valence-corrected chi connectivity index (χ2v) is 8.27. The minimum atomic E-state index is -0.280. The van der Waals surface area contributed by atoms with Crippen LogP contribution in [-0.4, -0.2) is 45.7 Å². The number of nitrogens with one attached hydrogen (secondary N) is 2. The molecule has 0 radical (unpaired) electrons. The molecule has 10 nitrogen and oxygen atoms in total. The number of unbranched alkanes of at least 4 members (excludes halogenated alkanes) is 2. The van der Waals surface area contributed by atoms with Gasteiger partial charge in [0.1, 0.15) is 11.5 Å². The van der Waals surface area contributed by atoms with Gasteiger partial charge in [0.05, 0.1) is 24.5 Å². The van der Waals surface area contributed by atoms with Crippen LogP contribution >= 0.6 is 0 Å². The van der Waals surface area contributed by atoms with Gasteiger partial charge in [0.25, 0.3) is 5.91 Å². The molecule has 0 bridgehead atoms. The van der Waals surface area contributed by atoms with Crippen molar-refractivity contribution >= 4 is 17.6 Å². The molecule has 0 fully saturated rings. The maximum absolute atomic E-state index is 12.9. The summed E-state index contributed by atoms with van der Waals surface area (Å²) in [6.45, 7) is 2.74. The minimum Gasteiger partial charge on any atom is -0.494 e. The molecule has 2 N–H and O–H groups in total. The highest BCUT2D eigenvalue weighted by Crippen LogP contribution is 2.34. The lowest BCUT2D eigenvalue weighted by Crippen LogP contribution is -2.12. The number of nitrogens with zero attached hydrogens (tertiary/aromatic N) is 3. The molecule has 0 atom stereocenters. The SMILES string of the molecule is CCOC(=O)CCCCCOc1ccc(C(=O)Nc2ccccc2Oc2ccccc2-c2nn[nH]n2)cc1. The summed E-state index contributed by atoms with van der Waals surface area (Å²) in [6, 6.07) is 21.4. The van der Waals surface area contributed by atoms with Crippen molar-refractivity contribution in [3.8, 4) is 28.6 Å². The van der Waals surface area contributed by atoms with Crippen LogP contribution in [0.3, 0.4) is 0 Å². The number of ether oxygens (including phenoxy) is 3. The number of para-hydroxylation sites is 3. The first-order chi connectivity index (χ1) is 18.6. The Kier molecular flexibility index (Phi) is 9.39. The van der Waals surface area contributed by atoms with Gasteiger partial charge in [-0.1, -0.05) is 24.3 Å². The molecule has 1 aromatic heterocycles. The van der Waals surface area contributed by atoms with Gasteiger partial charge in [-0.15, -0.1) is 10.2 Å². The Morgan fingerprint density at radius 3 is 2.42 bits per heavy atom. The summed E-state index contributed by atoms with van der Waals surface area (Å²) in [7, 11) is 0. The molecular weight excluding hydrogens is 486 g/mol. The van der Waals surface area contributed by atoms with Gasteiger partial charge in [0, 0.05) is 12.0 Å². The Morgan fingerprint density at radius 1 is 0.895 bits per heavy atom. The van der Waals surface area contributed by atoms with Crippen LogP contribution in [0.2, 0.25) is 0 Å². The summed E-state index contributed by atoms with van der Waals surface area (Å²) in [5.41, 5.74) is 1.66. The highest BCUT2D eigenvalue weighted by molar-refractivity contribution is 6.05. The highest BCUT2D eigenvalue weighted by atomic mass is 16.5. The number of carbonyl (C=O) groups is 2. The third-order valence-corrected chi connectivity index (χ3v) is 5.54. The fourth-order valence-corrected chi connectivity index (χ4v) is 3.66. The first-order valence-corrected chi connectivity index (χ1v) is 12.4. The van der Waals surface area contributed by atoms with E-state index in [-0.39, 0.29) is 11.9 Å². The lowest BCUT2D eigenvalue weighted by Gasteiger charge is -2.14. The topological polar surface area (TPSA) is 128 Å². The largest absolute Gasteiger partial charge is 0.494 e. The van der Waals surface area contributed by atoms with Crippen molar-refractivity contribution in [3.63, 3.8) is 0 Å². The predicted molar refractivity (Wildman–Crippen MR) is 141 cm³/mol. The second kappa shape index (κ2) is 13.5. The number of hydrogen-bond acceptors (Lipinski definition) is 8. The van der Waals surface area contributed by atoms with Gasteiger partial charge >= 0.3 is 5.97 Å². The van der Waals surface area contributed by atoms with E-state index in [4.69, 9.17) is 14.2 Å². The molecule has 3 aromatic carbocycles. The number of H-pyrrole nitrogens is 1. The van der Waals surface area contributed by atoms with E-state index in [0.29, 0.717) is 59.5 Å². The monoisotopic (exact) mass is 515 g/mol. The number of amides is 1. The van der Waals surface area contributed by atoms with Crippen LogP contribution in [0, 0.1) is 0 Å². The van der Waals surface area contributed by atoms with Crippen LogP contribution in [0.1, 0.15) is 43.0 Å². The molecule has 0 aliphatic carbocycles. The van der Waals surface area contributed by atoms with Crippen LogP contribution in [-0.2, 0) is 9.53 Å². The lowest BCUT2D eigenvalue weighted by atomic mass is 10.2.